The third-order valence-electron chi connectivity index (χ3n) is 8.65. The van der Waals surface area contributed by atoms with Gasteiger partial charge in [-0.25, -0.2) is 9.97 Å². The van der Waals surface area contributed by atoms with Crippen molar-refractivity contribution in [3.63, 3.8) is 0 Å². The number of hydrogen-bond donors (Lipinski definition) is 0. The fraction of sp³-hybridized carbons (Fsp3) is 0.0465. The molecule has 5 aromatic carbocycles. The maximum Gasteiger partial charge on any atom is 0.0972 e. The molecule has 8 rings (SSSR count). The van der Waals surface area contributed by atoms with Crippen molar-refractivity contribution >= 4 is 21.8 Å². The SMILES string of the molecule is Cc1cc(C)c2ccc3ccc(-c4ccc(-c5cccc(-c6cc(-c7ccccc7)cc(-c7ccccc7)n6)c5)cc4)nc3c2n1. The average molecular weight is 590 g/mol. The number of nitrogens with zero attached hydrogens (tertiary/aromatic N) is 3. The molecule has 0 atom stereocenters. The van der Waals surface area contributed by atoms with Crippen LogP contribution in [0.5, 0.6) is 0 Å². The van der Waals surface area contributed by atoms with E-state index in [1.807, 2.05) is 13.0 Å². The summed E-state index contributed by atoms with van der Waals surface area (Å²) in [6.07, 6.45) is 0. The summed E-state index contributed by atoms with van der Waals surface area (Å²) in [7, 11) is 0. The molecule has 0 amide bonds. The van der Waals surface area contributed by atoms with E-state index in [1.165, 1.54) is 11.1 Å². The molecule has 0 N–H and O–H groups in total. The van der Waals surface area contributed by atoms with E-state index < -0.39 is 0 Å². The van der Waals surface area contributed by atoms with Gasteiger partial charge in [0.2, 0.25) is 0 Å². The molecule has 0 aliphatic rings. The molecule has 8 aromatic rings. The zero-order chi connectivity index (χ0) is 31.0. The van der Waals surface area contributed by atoms with Crippen molar-refractivity contribution in [1.29, 1.82) is 0 Å². The van der Waals surface area contributed by atoms with E-state index in [4.69, 9.17) is 15.0 Å². The first-order valence-electron chi connectivity index (χ1n) is 15.6. The van der Waals surface area contributed by atoms with E-state index in [9.17, 15) is 0 Å². The highest BCUT2D eigenvalue weighted by Crippen LogP contribution is 2.33. The minimum atomic E-state index is 0.941. The third kappa shape index (κ3) is 5.22. The normalized spacial score (nSPS) is 11.3. The Morgan fingerprint density at radius 3 is 1.70 bits per heavy atom. The van der Waals surface area contributed by atoms with Crippen LogP contribution >= 0.6 is 0 Å². The topological polar surface area (TPSA) is 38.7 Å². The Hall–Kier alpha value is -5.93. The number of fused-ring (bicyclic) bond motifs is 3. The molecular formula is C43H31N3. The second-order valence-corrected chi connectivity index (χ2v) is 11.8. The molecule has 0 saturated heterocycles. The van der Waals surface area contributed by atoms with Gasteiger partial charge in [-0.05, 0) is 72.0 Å². The van der Waals surface area contributed by atoms with Crippen molar-refractivity contribution in [2.75, 3.05) is 0 Å². The van der Waals surface area contributed by atoms with Crippen LogP contribution in [0.1, 0.15) is 11.3 Å². The monoisotopic (exact) mass is 589 g/mol. The summed E-state index contributed by atoms with van der Waals surface area (Å²) in [5.74, 6) is 0. The van der Waals surface area contributed by atoms with Crippen LogP contribution < -0.4 is 0 Å². The summed E-state index contributed by atoms with van der Waals surface area (Å²) < 4.78 is 0. The molecule has 0 spiro atoms. The Morgan fingerprint density at radius 2 is 0.935 bits per heavy atom. The first kappa shape index (κ1) is 27.6. The van der Waals surface area contributed by atoms with Gasteiger partial charge < -0.3 is 0 Å². The van der Waals surface area contributed by atoms with Crippen molar-refractivity contribution in [2.45, 2.75) is 13.8 Å². The summed E-state index contributed by atoms with van der Waals surface area (Å²) >= 11 is 0. The van der Waals surface area contributed by atoms with Gasteiger partial charge in [0.05, 0.1) is 28.1 Å². The van der Waals surface area contributed by atoms with E-state index >= 15 is 0 Å². The van der Waals surface area contributed by atoms with E-state index in [2.05, 4.69) is 153 Å². The highest BCUT2D eigenvalue weighted by atomic mass is 14.8. The van der Waals surface area contributed by atoms with Crippen molar-refractivity contribution in [3.8, 4) is 56.0 Å². The van der Waals surface area contributed by atoms with Gasteiger partial charge in [0.15, 0.2) is 0 Å². The van der Waals surface area contributed by atoms with Crippen LogP contribution in [0.3, 0.4) is 0 Å². The molecule has 3 heterocycles. The largest absolute Gasteiger partial charge is 0.251 e. The molecule has 0 unspecified atom stereocenters. The first-order valence-corrected chi connectivity index (χ1v) is 15.6. The summed E-state index contributed by atoms with van der Waals surface area (Å²) in [5.41, 5.74) is 14.9. The van der Waals surface area contributed by atoms with Gasteiger partial charge in [0.25, 0.3) is 0 Å². The highest BCUT2D eigenvalue weighted by Gasteiger charge is 2.12. The number of rotatable bonds is 5. The summed E-state index contributed by atoms with van der Waals surface area (Å²) in [4.78, 5) is 15.1. The van der Waals surface area contributed by atoms with Crippen LogP contribution in [0.15, 0.2) is 152 Å². The summed E-state index contributed by atoms with van der Waals surface area (Å²) in [6.45, 7) is 4.18. The van der Waals surface area contributed by atoms with Gasteiger partial charge in [-0.3, -0.25) is 4.98 Å². The van der Waals surface area contributed by atoms with E-state index in [0.717, 1.165) is 78.0 Å². The van der Waals surface area contributed by atoms with Crippen molar-refractivity contribution in [1.82, 2.24) is 15.0 Å². The Bertz CT molecular complexity index is 2300. The van der Waals surface area contributed by atoms with Gasteiger partial charge >= 0.3 is 0 Å². The Balaban J connectivity index is 1.16. The van der Waals surface area contributed by atoms with Gasteiger partial charge in [0, 0.05) is 33.2 Å². The number of aromatic nitrogens is 3. The van der Waals surface area contributed by atoms with Crippen LogP contribution in [0.2, 0.25) is 0 Å². The molecule has 46 heavy (non-hydrogen) atoms. The molecule has 0 aliphatic heterocycles. The van der Waals surface area contributed by atoms with Crippen LogP contribution in [-0.2, 0) is 0 Å². The van der Waals surface area contributed by atoms with Crippen molar-refractivity contribution in [2.24, 2.45) is 0 Å². The first-order chi connectivity index (χ1) is 22.6. The molecule has 0 fully saturated rings. The molecule has 3 nitrogen and oxygen atoms in total. The Morgan fingerprint density at radius 1 is 0.348 bits per heavy atom. The van der Waals surface area contributed by atoms with E-state index in [1.54, 1.807) is 0 Å². The van der Waals surface area contributed by atoms with Gasteiger partial charge in [-0.15, -0.1) is 0 Å². The summed E-state index contributed by atoms with van der Waals surface area (Å²) in [5, 5.41) is 2.25. The fourth-order valence-corrected chi connectivity index (χ4v) is 6.29. The average Bonchev–Trinajstić information content (AvgIpc) is 3.12. The van der Waals surface area contributed by atoms with Gasteiger partial charge in [-0.2, -0.15) is 0 Å². The maximum absolute atomic E-state index is 5.13. The standard InChI is InChI=1S/C43H31N3/c1-28-24-29(2)44-43-38(28)22-20-34-21-23-39(46-42(34)43)33-18-16-31(17-19-33)35-14-9-15-36(25-35)41-27-37(30-10-5-3-6-11-30)26-40(45-41)32-12-7-4-8-13-32/h3-27H,1-2H3. The molecular weight excluding hydrogens is 558 g/mol. The third-order valence-corrected chi connectivity index (χ3v) is 8.65. The lowest BCUT2D eigenvalue weighted by atomic mass is 9.97. The molecule has 3 aromatic heterocycles. The van der Waals surface area contributed by atoms with Gasteiger partial charge in [-0.1, -0.05) is 121 Å². The zero-order valence-corrected chi connectivity index (χ0v) is 25.8. The maximum atomic E-state index is 5.13. The lowest BCUT2D eigenvalue weighted by Gasteiger charge is -2.12. The van der Waals surface area contributed by atoms with E-state index in [-0.39, 0.29) is 0 Å². The van der Waals surface area contributed by atoms with E-state index in [0.29, 0.717) is 0 Å². The quantitative estimate of drug-likeness (QED) is 0.187. The molecule has 0 bridgehead atoms. The van der Waals surface area contributed by atoms with Crippen LogP contribution in [0, 0.1) is 13.8 Å². The van der Waals surface area contributed by atoms with Crippen molar-refractivity contribution in [3.05, 3.63) is 163 Å². The van der Waals surface area contributed by atoms with Crippen LogP contribution in [0.4, 0.5) is 0 Å². The van der Waals surface area contributed by atoms with Crippen LogP contribution in [-0.4, -0.2) is 15.0 Å². The van der Waals surface area contributed by atoms with Crippen molar-refractivity contribution < 1.29 is 0 Å². The number of hydrogen-bond acceptors (Lipinski definition) is 3. The molecule has 0 saturated carbocycles. The molecule has 0 radical (unpaired) electrons. The lowest BCUT2D eigenvalue weighted by molar-refractivity contribution is 1.23. The smallest absolute Gasteiger partial charge is 0.0972 e. The predicted molar refractivity (Wildman–Crippen MR) is 191 cm³/mol. The number of benzene rings is 5. The molecule has 218 valence electrons. The number of aryl methyl sites for hydroxylation is 2. The fourth-order valence-electron chi connectivity index (χ4n) is 6.29. The van der Waals surface area contributed by atoms with Gasteiger partial charge in [0.1, 0.15) is 0 Å². The predicted octanol–water partition coefficient (Wildman–Crippen LogP) is 11.1. The minimum absolute atomic E-state index is 0.941. The Kier molecular flexibility index (Phi) is 6.92. The second kappa shape index (κ2) is 11.5. The molecule has 3 heteroatoms. The highest BCUT2D eigenvalue weighted by molar-refractivity contribution is 6.04. The Labute approximate surface area is 268 Å². The van der Waals surface area contributed by atoms with Crippen LogP contribution in [0.25, 0.3) is 77.8 Å². The summed E-state index contributed by atoms with van der Waals surface area (Å²) in [6, 6.07) is 53.3. The molecule has 0 aliphatic carbocycles. The lowest BCUT2D eigenvalue weighted by Crippen LogP contribution is -1.92. The zero-order valence-electron chi connectivity index (χ0n) is 25.8. The minimum Gasteiger partial charge on any atom is -0.251 e. The number of pyridine rings is 3. The second-order valence-electron chi connectivity index (χ2n) is 11.8.